The van der Waals surface area contributed by atoms with Crippen LogP contribution < -0.4 is 5.32 Å². The van der Waals surface area contributed by atoms with E-state index in [1.54, 1.807) is 0 Å². The largest absolute Gasteiger partial charge is 0.391 e. The van der Waals surface area contributed by atoms with Gasteiger partial charge in [0.1, 0.15) is 5.69 Å². The van der Waals surface area contributed by atoms with E-state index in [4.69, 9.17) is 4.74 Å². The maximum atomic E-state index is 11.7. The molecule has 0 radical (unpaired) electrons. The van der Waals surface area contributed by atoms with Gasteiger partial charge in [-0.1, -0.05) is 0 Å². The van der Waals surface area contributed by atoms with E-state index in [1.165, 1.54) is 26.3 Å². The molecule has 1 rings (SSSR count). The van der Waals surface area contributed by atoms with Gasteiger partial charge in [0.25, 0.3) is 5.91 Å². The van der Waals surface area contributed by atoms with E-state index in [0.29, 0.717) is 24.2 Å². The number of amides is 1. The summed E-state index contributed by atoms with van der Waals surface area (Å²) in [7, 11) is 1.50. The molecule has 1 aromatic heterocycles. The highest BCUT2D eigenvalue weighted by atomic mass is 16.5. The molecule has 0 aliphatic carbocycles. The van der Waals surface area contributed by atoms with Crippen LogP contribution in [-0.4, -0.2) is 48.1 Å². The van der Waals surface area contributed by atoms with E-state index in [-0.39, 0.29) is 18.3 Å². The molecule has 0 aliphatic rings. The molecule has 0 saturated carbocycles. The van der Waals surface area contributed by atoms with E-state index >= 15 is 0 Å². The Bertz CT molecular complexity index is 414. The van der Waals surface area contributed by atoms with E-state index in [9.17, 15) is 14.7 Å². The van der Waals surface area contributed by atoms with Crippen molar-refractivity contribution in [3.63, 3.8) is 0 Å². The lowest BCUT2D eigenvalue weighted by molar-refractivity contribution is 0.0587. The maximum Gasteiger partial charge on any atom is 0.267 e. The van der Waals surface area contributed by atoms with Gasteiger partial charge in [0.05, 0.1) is 12.7 Å². The van der Waals surface area contributed by atoms with Crippen molar-refractivity contribution in [3.8, 4) is 0 Å². The summed E-state index contributed by atoms with van der Waals surface area (Å²) >= 11 is 0. The fourth-order valence-electron chi connectivity index (χ4n) is 1.45. The van der Waals surface area contributed by atoms with E-state index in [0.717, 1.165) is 0 Å². The average molecular weight is 254 g/mol. The molecule has 100 valence electrons. The molecule has 1 unspecified atom stereocenters. The first-order chi connectivity index (χ1) is 8.54. The first kappa shape index (κ1) is 14.4. The van der Waals surface area contributed by atoms with Crippen LogP contribution in [0.4, 0.5) is 0 Å². The van der Waals surface area contributed by atoms with Crippen molar-refractivity contribution in [1.82, 2.24) is 10.3 Å². The number of nitrogens with one attached hydrogen (secondary N) is 2. The predicted octanol–water partition coefficient (Wildman–Crippen LogP) is 0.344. The van der Waals surface area contributed by atoms with Crippen molar-refractivity contribution in [2.45, 2.75) is 19.4 Å². The van der Waals surface area contributed by atoms with Crippen LogP contribution in [-0.2, 0) is 4.74 Å². The average Bonchev–Trinajstić information content (AvgIpc) is 2.78. The topological polar surface area (TPSA) is 91.4 Å². The van der Waals surface area contributed by atoms with E-state index < -0.39 is 6.10 Å². The number of hydrogen-bond donors (Lipinski definition) is 3. The summed E-state index contributed by atoms with van der Waals surface area (Å²) in [6, 6.07) is 1.50. The molecule has 6 nitrogen and oxygen atoms in total. The van der Waals surface area contributed by atoms with Gasteiger partial charge in [-0.25, -0.2) is 0 Å². The molecule has 18 heavy (non-hydrogen) atoms. The van der Waals surface area contributed by atoms with Crippen LogP contribution in [0.5, 0.6) is 0 Å². The number of rotatable bonds is 7. The Morgan fingerprint density at radius 1 is 1.56 bits per heavy atom. The molecule has 3 N–H and O–H groups in total. The van der Waals surface area contributed by atoms with E-state index in [2.05, 4.69) is 10.3 Å². The molecule has 1 heterocycles. The quantitative estimate of drug-likeness (QED) is 0.612. The van der Waals surface area contributed by atoms with Gasteiger partial charge in [0.15, 0.2) is 5.78 Å². The Morgan fingerprint density at radius 3 is 2.83 bits per heavy atom. The Kier molecular flexibility index (Phi) is 5.54. The highest BCUT2D eigenvalue weighted by Crippen LogP contribution is 2.04. The van der Waals surface area contributed by atoms with Crippen molar-refractivity contribution >= 4 is 11.7 Å². The number of ketones is 1. The van der Waals surface area contributed by atoms with Crippen LogP contribution in [0.2, 0.25) is 0 Å². The summed E-state index contributed by atoms with van der Waals surface area (Å²) < 4.78 is 4.77. The molecule has 1 aromatic rings. The molecule has 0 fully saturated rings. The molecular weight excluding hydrogens is 236 g/mol. The third kappa shape index (κ3) is 4.31. The lowest BCUT2D eigenvalue weighted by Gasteiger charge is -2.09. The Balaban J connectivity index is 2.38. The summed E-state index contributed by atoms with van der Waals surface area (Å²) in [5.74, 6) is -0.395. The third-order valence-corrected chi connectivity index (χ3v) is 2.46. The highest BCUT2D eigenvalue weighted by Gasteiger charge is 2.11. The second-order valence-electron chi connectivity index (χ2n) is 4.01. The van der Waals surface area contributed by atoms with Gasteiger partial charge in [-0.2, -0.15) is 0 Å². The standard InChI is InChI=1S/C12H18N2O4/c1-8(15)9-5-11(14-6-9)12(17)13-4-3-10(16)7-18-2/h5-6,10,14,16H,3-4,7H2,1-2H3,(H,13,17). The molecule has 0 bridgehead atoms. The molecule has 0 spiro atoms. The Morgan fingerprint density at radius 2 is 2.28 bits per heavy atom. The number of Topliss-reactive ketones (excluding diaryl/α,β-unsaturated/α-hetero) is 1. The summed E-state index contributed by atoms with van der Waals surface area (Å²) in [6.07, 6.45) is 1.32. The number of aromatic nitrogens is 1. The van der Waals surface area contributed by atoms with E-state index in [1.807, 2.05) is 0 Å². The maximum absolute atomic E-state index is 11.7. The number of aliphatic hydroxyl groups is 1. The minimum absolute atomic E-state index is 0.0965. The minimum atomic E-state index is -0.591. The molecule has 0 saturated heterocycles. The first-order valence-electron chi connectivity index (χ1n) is 5.69. The van der Waals surface area contributed by atoms with Gasteiger partial charge < -0.3 is 20.1 Å². The van der Waals surface area contributed by atoms with Crippen molar-refractivity contribution in [2.24, 2.45) is 0 Å². The van der Waals surface area contributed by atoms with Crippen LogP contribution >= 0.6 is 0 Å². The number of methoxy groups -OCH3 is 1. The normalized spacial score (nSPS) is 12.2. The lowest BCUT2D eigenvalue weighted by Crippen LogP contribution is -2.28. The third-order valence-electron chi connectivity index (χ3n) is 2.46. The second kappa shape index (κ2) is 6.93. The van der Waals surface area contributed by atoms with Gasteiger partial charge in [0, 0.05) is 25.4 Å². The number of aromatic amines is 1. The Labute approximate surface area is 105 Å². The highest BCUT2D eigenvalue weighted by molar-refractivity contribution is 5.99. The number of carbonyl (C=O) groups is 2. The summed E-state index contributed by atoms with van der Waals surface area (Å²) in [5, 5.41) is 12.0. The molecule has 6 heteroatoms. The van der Waals surface area contributed by atoms with Crippen molar-refractivity contribution in [2.75, 3.05) is 20.3 Å². The van der Waals surface area contributed by atoms with Crippen molar-refractivity contribution in [1.29, 1.82) is 0 Å². The van der Waals surface area contributed by atoms with Crippen molar-refractivity contribution in [3.05, 3.63) is 23.5 Å². The van der Waals surface area contributed by atoms with Gasteiger partial charge in [0.2, 0.25) is 0 Å². The van der Waals surface area contributed by atoms with Crippen LogP contribution in [0.15, 0.2) is 12.3 Å². The molecule has 1 amide bonds. The fraction of sp³-hybridized carbons (Fsp3) is 0.500. The van der Waals surface area contributed by atoms with Crippen molar-refractivity contribution < 1.29 is 19.4 Å². The number of carbonyl (C=O) groups excluding carboxylic acids is 2. The number of H-pyrrole nitrogens is 1. The van der Waals surface area contributed by atoms with Gasteiger partial charge in [-0.15, -0.1) is 0 Å². The zero-order valence-electron chi connectivity index (χ0n) is 10.5. The zero-order chi connectivity index (χ0) is 13.5. The van der Waals surface area contributed by atoms with Crippen LogP contribution in [0, 0.1) is 0 Å². The van der Waals surface area contributed by atoms with Gasteiger partial charge >= 0.3 is 0 Å². The SMILES string of the molecule is COCC(O)CCNC(=O)c1cc(C(C)=O)c[nH]1. The summed E-state index contributed by atoms with van der Waals surface area (Å²) in [4.78, 5) is 25.4. The number of hydrogen-bond acceptors (Lipinski definition) is 4. The second-order valence-corrected chi connectivity index (χ2v) is 4.01. The smallest absolute Gasteiger partial charge is 0.267 e. The van der Waals surface area contributed by atoms with Crippen LogP contribution in [0.3, 0.4) is 0 Å². The number of ether oxygens (including phenoxy) is 1. The summed E-state index contributed by atoms with van der Waals surface area (Å²) in [5.41, 5.74) is 0.806. The molecule has 0 aromatic carbocycles. The number of aliphatic hydroxyl groups excluding tert-OH is 1. The lowest BCUT2D eigenvalue weighted by atomic mass is 10.2. The summed E-state index contributed by atoms with van der Waals surface area (Å²) in [6.45, 7) is 2.02. The first-order valence-corrected chi connectivity index (χ1v) is 5.69. The Hall–Kier alpha value is -1.66. The van der Waals surface area contributed by atoms with Gasteiger partial charge in [-0.05, 0) is 19.4 Å². The van der Waals surface area contributed by atoms with Crippen LogP contribution in [0.1, 0.15) is 34.2 Å². The monoisotopic (exact) mass is 254 g/mol. The molecule has 1 atom stereocenters. The fourth-order valence-corrected chi connectivity index (χ4v) is 1.45. The van der Waals surface area contributed by atoms with Gasteiger partial charge in [-0.3, -0.25) is 9.59 Å². The molecule has 0 aliphatic heterocycles. The van der Waals surface area contributed by atoms with Crippen LogP contribution in [0.25, 0.3) is 0 Å². The molecular formula is C12H18N2O4. The minimum Gasteiger partial charge on any atom is -0.391 e. The zero-order valence-corrected chi connectivity index (χ0v) is 10.5. The predicted molar refractivity (Wildman–Crippen MR) is 65.6 cm³/mol.